The fraction of sp³-hybridized carbons (Fsp3) is 0.412. The quantitative estimate of drug-likeness (QED) is 0.720. The number of anilines is 1. The van der Waals surface area contributed by atoms with E-state index in [0.717, 1.165) is 23.9 Å². The Kier molecular flexibility index (Phi) is 4.28. The van der Waals surface area contributed by atoms with Crippen molar-refractivity contribution < 1.29 is 4.79 Å². The van der Waals surface area contributed by atoms with Gasteiger partial charge in [-0.2, -0.15) is 15.3 Å². The van der Waals surface area contributed by atoms with Crippen LogP contribution in [0.2, 0.25) is 5.02 Å². The van der Waals surface area contributed by atoms with Gasteiger partial charge in [0.15, 0.2) is 5.69 Å². The summed E-state index contributed by atoms with van der Waals surface area (Å²) >= 11 is 6.16. The molecule has 1 N–H and O–H groups in total. The number of hydrogen-bond acceptors (Lipinski definition) is 4. The van der Waals surface area contributed by atoms with Crippen molar-refractivity contribution >= 4 is 23.2 Å². The van der Waals surface area contributed by atoms with Crippen molar-refractivity contribution in [1.82, 2.24) is 29.3 Å². The van der Waals surface area contributed by atoms with Crippen molar-refractivity contribution in [3.63, 3.8) is 0 Å². The minimum atomic E-state index is -0.263. The summed E-state index contributed by atoms with van der Waals surface area (Å²) in [4.78, 5) is 12.4. The number of halogens is 1. The number of nitrogens with zero attached hydrogens (tertiary/aromatic N) is 6. The van der Waals surface area contributed by atoms with Crippen LogP contribution in [0.4, 0.5) is 5.69 Å². The standard InChI is InChI=1S/C17H20ClN7O/c1-11-16(18)12(2)25(21-11)10-23-6-5-15(22-23)17(26)20-14-7-19-24(9-14)8-13-3-4-13/h5-7,9,13H,3-4,8,10H2,1-2H3,(H,20,26). The van der Waals surface area contributed by atoms with Crippen LogP contribution in [-0.4, -0.2) is 35.2 Å². The maximum atomic E-state index is 12.4. The normalized spacial score (nSPS) is 14.0. The summed E-state index contributed by atoms with van der Waals surface area (Å²) in [5, 5.41) is 16.5. The van der Waals surface area contributed by atoms with Crippen LogP contribution in [0, 0.1) is 19.8 Å². The van der Waals surface area contributed by atoms with E-state index in [0.29, 0.717) is 23.1 Å². The minimum absolute atomic E-state index is 0.263. The van der Waals surface area contributed by atoms with Gasteiger partial charge in [0.2, 0.25) is 0 Å². The summed E-state index contributed by atoms with van der Waals surface area (Å²) < 4.78 is 5.29. The highest BCUT2D eigenvalue weighted by atomic mass is 35.5. The lowest BCUT2D eigenvalue weighted by molar-refractivity contribution is 0.102. The number of carbonyl (C=O) groups excluding carboxylic acids is 1. The molecular weight excluding hydrogens is 354 g/mol. The summed E-state index contributed by atoms with van der Waals surface area (Å²) in [6.45, 7) is 5.07. The molecule has 136 valence electrons. The Labute approximate surface area is 155 Å². The first-order valence-corrected chi connectivity index (χ1v) is 8.94. The van der Waals surface area contributed by atoms with E-state index in [1.807, 2.05) is 24.7 Å². The fourth-order valence-corrected chi connectivity index (χ4v) is 2.93. The predicted octanol–water partition coefficient (Wildman–Crippen LogP) is 2.71. The second-order valence-electron chi connectivity index (χ2n) is 6.71. The molecule has 0 aliphatic heterocycles. The summed E-state index contributed by atoms with van der Waals surface area (Å²) in [5.74, 6) is 0.471. The van der Waals surface area contributed by atoms with E-state index in [4.69, 9.17) is 11.6 Å². The molecule has 3 aromatic rings. The highest BCUT2D eigenvalue weighted by molar-refractivity contribution is 6.31. The van der Waals surface area contributed by atoms with Crippen molar-refractivity contribution in [2.24, 2.45) is 5.92 Å². The molecule has 9 heteroatoms. The smallest absolute Gasteiger partial charge is 0.276 e. The largest absolute Gasteiger partial charge is 0.318 e. The van der Waals surface area contributed by atoms with E-state index in [1.165, 1.54) is 12.8 Å². The van der Waals surface area contributed by atoms with Gasteiger partial charge < -0.3 is 5.32 Å². The lowest BCUT2D eigenvalue weighted by Crippen LogP contribution is -2.15. The predicted molar refractivity (Wildman–Crippen MR) is 97.2 cm³/mol. The van der Waals surface area contributed by atoms with E-state index < -0.39 is 0 Å². The van der Waals surface area contributed by atoms with Gasteiger partial charge in [0, 0.05) is 18.9 Å². The summed E-state index contributed by atoms with van der Waals surface area (Å²) in [7, 11) is 0. The topological polar surface area (TPSA) is 82.6 Å². The number of aryl methyl sites for hydroxylation is 1. The zero-order valence-electron chi connectivity index (χ0n) is 14.7. The van der Waals surface area contributed by atoms with Crippen LogP contribution in [0.3, 0.4) is 0 Å². The average molecular weight is 374 g/mol. The zero-order valence-corrected chi connectivity index (χ0v) is 15.4. The second kappa shape index (κ2) is 6.60. The molecule has 1 amide bonds. The molecule has 0 radical (unpaired) electrons. The van der Waals surface area contributed by atoms with Crippen molar-refractivity contribution in [3.05, 3.63) is 46.8 Å². The third-order valence-electron chi connectivity index (χ3n) is 4.48. The molecule has 3 aromatic heterocycles. The molecule has 0 unspecified atom stereocenters. The van der Waals surface area contributed by atoms with E-state index in [2.05, 4.69) is 20.6 Å². The molecule has 1 fully saturated rings. The maximum Gasteiger partial charge on any atom is 0.276 e. The number of carbonyl (C=O) groups is 1. The Morgan fingerprint density at radius 2 is 2.12 bits per heavy atom. The van der Waals surface area contributed by atoms with E-state index in [-0.39, 0.29) is 5.91 Å². The maximum absolute atomic E-state index is 12.4. The molecule has 1 aliphatic rings. The van der Waals surface area contributed by atoms with Crippen LogP contribution in [0.25, 0.3) is 0 Å². The molecule has 0 aromatic carbocycles. The molecule has 4 rings (SSSR count). The Hall–Kier alpha value is -2.61. The number of hydrogen-bond donors (Lipinski definition) is 1. The number of nitrogens with one attached hydrogen (secondary N) is 1. The van der Waals surface area contributed by atoms with Gasteiger partial charge in [-0.15, -0.1) is 0 Å². The first-order valence-electron chi connectivity index (χ1n) is 8.56. The third-order valence-corrected chi connectivity index (χ3v) is 5.03. The van der Waals surface area contributed by atoms with Crippen LogP contribution in [0.5, 0.6) is 0 Å². The zero-order chi connectivity index (χ0) is 18.3. The van der Waals surface area contributed by atoms with E-state index in [1.54, 1.807) is 27.8 Å². The molecular formula is C17H20ClN7O. The monoisotopic (exact) mass is 373 g/mol. The third kappa shape index (κ3) is 3.50. The van der Waals surface area contributed by atoms with E-state index in [9.17, 15) is 4.79 Å². The lowest BCUT2D eigenvalue weighted by Gasteiger charge is -2.04. The number of aromatic nitrogens is 6. The Morgan fingerprint density at radius 1 is 1.31 bits per heavy atom. The van der Waals surface area contributed by atoms with Gasteiger partial charge in [-0.3, -0.25) is 14.2 Å². The van der Waals surface area contributed by atoms with Gasteiger partial charge in [-0.1, -0.05) is 11.6 Å². The first kappa shape index (κ1) is 16.8. The van der Waals surface area contributed by atoms with Crippen LogP contribution in [-0.2, 0) is 13.2 Å². The van der Waals surface area contributed by atoms with Crippen molar-refractivity contribution in [1.29, 1.82) is 0 Å². The molecule has 1 saturated carbocycles. The summed E-state index contributed by atoms with van der Waals surface area (Å²) in [6, 6.07) is 1.68. The highest BCUT2D eigenvalue weighted by Crippen LogP contribution is 2.30. The Balaban J connectivity index is 1.40. The van der Waals surface area contributed by atoms with E-state index >= 15 is 0 Å². The summed E-state index contributed by atoms with van der Waals surface area (Å²) in [5.41, 5.74) is 2.66. The van der Waals surface area contributed by atoms with Crippen LogP contribution in [0.15, 0.2) is 24.7 Å². The molecule has 8 nitrogen and oxygen atoms in total. The van der Waals surface area contributed by atoms with Crippen molar-refractivity contribution in [3.8, 4) is 0 Å². The molecule has 0 atom stereocenters. The Bertz CT molecular complexity index is 950. The second-order valence-corrected chi connectivity index (χ2v) is 7.09. The number of rotatable bonds is 6. The lowest BCUT2D eigenvalue weighted by atomic mass is 10.4. The minimum Gasteiger partial charge on any atom is -0.318 e. The Morgan fingerprint density at radius 3 is 2.81 bits per heavy atom. The molecule has 0 bridgehead atoms. The van der Waals surface area contributed by atoms with Gasteiger partial charge >= 0.3 is 0 Å². The SMILES string of the molecule is Cc1nn(Cn2ccc(C(=O)Nc3cnn(CC4CC4)c3)n2)c(C)c1Cl. The molecule has 26 heavy (non-hydrogen) atoms. The van der Waals surface area contributed by atoms with Gasteiger partial charge in [-0.05, 0) is 38.7 Å². The van der Waals surface area contributed by atoms with Crippen LogP contribution in [0.1, 0.15) is 34.7 Å². The van der Waals surface area contributed by atoms with Gasteiger partial charge in [0.05, 0.1) is 28.3 Å². The first-order chi connectivity index (χ1) is 12.5. The van der Waals surface area contributed by atoms with Gasteiger partial charge in [0.1, 0.15) is 6.67 Å². The van der Waals surface area contributed by atoms with Crippen molar-refractivity contribution in [2.45, 2.75) is 39.9 Å². The highest BCUT2D eigenvalue weighted by Gasteiger charge is 2.22. The molecule has 1 aliphatic carbocycles. The van der Waals surface area contributed by atoms with Crippen LogP contribution >= 0.6 is 11.6 Å². The fourth-order valence-electron chi connectivity index (χ4n) is 2.80. The van der Waals surface area contributed by atoms with Gasteiger partial charge in [0.25, 0.3) is 5.91 Å². The molecule has 3 heterocycles. The van der Waals surface area contributed by atoms with Gasteiger partial charge in [-0.25, -0.2) is 4.68 Å². The average Bonchev–Trinajstić information content (AvgIpc) is 3.01. The summed E-state index contributed by atoms with van der Waals surface area (Å²) in [6.07, 6.45) is 7.79. The van der Waals surface area contributed by atoms with Crippen LogP contribution < -0.4 is 5.32 Å². The molecule has 0 spiro atoms. The molecule has 0 saturated heterocycles. The number of amides is 1. The van der Waals surface area contributed by atoms with Crippen molar-refractivity contribution in [2.75, 3.05) is 5.32 Å².